The predicted octanol–water partition coefficient (Wildman–Crippen LogP) is 5.92. The Morgan fingerprint density at radius 3 is 1.76 bits per heavy atom. The van der Waals surface area contributed by atoms with Gasteiger partial charge in [-0.3, -0.25) is 0 Å². The molecule has 0 unspecified atom stereocenters. The molecule has 222 valence electrons. The molecule has 0 saturated carbocycles. The Balaban J connectivity index is 1.97. The molecule has 1 saturated heterocycles. The summed E-state index contributed by atoms with van der Waals surface area (Å²) < 4.78 is 36.8. The molecule has 0 bridgehead atoms. The Hall–Kier alpha value is -2.67. The van der Waals surface area contributed by atoms with Crippen LogP contribution in [-0.2, 0) is 26.2 Å². The van der Waals surface area contributed by atoms with Crippen LogP contribution >= 0.6 is 0 Å². The van der Waals surface area contributed by atoms with Crippen LogP contribution in [0.15, 0.2) is 47.4 Å². The van der Waals surface area contributed by atoms with E-state index in [2.05, 4.69) is 87.1 Å². The summed E-state index contributed by atoms with van der Waals surface area (Å²) in [6, 6.07) is 14.3. The summed E-state index contributed by atoms with van der Waals surface area (Å²) in [5.41, 5.74) is 11.0. The molecule has 3 aromatic rings. The molecule has 8 heteroatoms. The van der Waals surface area contributed by atoms with Gasteiger partial charge in [0.2, 0.25) is 0 Å². The van der Waals surface area contributed by atoms with E-state index in [9.17, 15) is 8.42 Å². The number of hydrogen-bond acceptors (Lipinski definition) is 5. The maximum absolute atomic E-state index is 13.0. The zero-order valence-corrected chi connectivity index (χ0v) is 28.3. The zero-order chi connectivity index (χ0) is 30.1. The second-order valence-corrected chi connectivity index (χ2v) is 15.0. The monoisotopic (exact) mass is 663 g/mol. The van der Waals surface area contributed by atoms with Gasteiger partial charge in [0, 0.05) is 0 Å². The third kappa shape index (κ3) is 6.55. The molecule has 0 aromatic heterocycles. The van der Waals surface area contributed by atoms with Gasteiger partial charge in [-0.1, -0.05) is 0 Å². The van der Waals surface area contributed by atoms with E-state index in [1.807, 2.05) is 0 Å². The normalized spacial score (nSPS) is 13.9. The Labute approximate surface area is 253 Å². The Morgan fingerprint density at radius 2 is 1.32 bits per heavy atom. The average Bonchev–Trinajstić information content (AvgIpc) is 3.27. The standard InChI is InChI=1S/C21H26N2.C12H17NO3S.Ru/c1-14-9-16(3)20(17(4)10-14)22-7-8-23(13-22)21-18(5)11-15(2)12-19(21)6;1-5-8-16-12-7-6-11(9-10(12)2)17(14,15)13(3)4;/h9-12H,7-8H2,1-6H3;2,6-7,9H,5,8H2,1,3-4H3;. The third-order valence-electron chi connectivity index (χ3n) is 7.26. The summed E-state index contributed by atoms with van der Waals surface area (Å²) >= 11 is -0.459. The average molecular weight is 663 g/mol. The van der Waals surface area contributed by atoms with Crippen LogP contribution in [0, 0.1) is 41.5 Å². The molecule has 0 atom stereocenters. The van der Waals surface area contributed by atoms with Crippen LogP contribution in [0.5, 0.6) is 5.75 Å². The van der Waals surface area contributed by atoms with E-state index in [0.717, 1.165) is 30.8 Å². The third-order valence-corrected chi connectivity index (χ3v) is 11.3. The first-order valence-corrected chi connectivity index (χ1v) is 17.4. The molecule has 6 nitrogen and oxygen atoms in total. The first kappa shape index (κ1) is 31.3. The summed E-state index contributed by atoms with van der Waals surface area (Å²) in [5, 5.41) is 0. The van der Waals surface area contributed by atoms with Crippen molar-refractivity contribution in [2.24, 2.45) is 0 Å². The van der Waals surface area contributed by atoms with E-state index in [1.165, 1.54) is 53.4 Å². The Kier molecular flexibility index (Phi) is 9.68. The number of hydrogen-bond donors (Lipinski definition) is 0. The van der Waals surface area contributed by atoms with E-state index in [1.54, 1.807) is 32.3 Å². The van der Waals surface area contributed by atoms with Crippen molar-refractivity contribution < 1.29 is 29.4 Å². The van der Waals surface area contributed by atoms with Crippen molar-refractivity contribution >= 4 is 30.4 Å². The molecule has 41 heavy (non-hydrogen) atoms. The molecular weight excluding hydrogens is 620 g/mol. The summed E-state index contributed by atoms with van der Waals surface area (Å²) in [5.74, 6) is 0.723. The summed E-state index contributed by atoms with van der Waals surface area (Å²) in [6.45, 7) is 17.5. The van der Waals surface area contributed by atoms with Crippen LogP contribution in [0.4, 0.5) is 11.4 Å². The van der Waals surface area contributed by atoms with Gasteiger partial charge in [-0.2, -0.15) is 0 Å². The van der Waals surface area contributed by atoms with Crippen molar-refractivity contribution in [3.05, 3.63) is 81.4 Å². The number of ether oxygens (including phenoxy) is 1. The second kappa shape index (κ2) is 12.7. The van der Waals surface area contributed by atoms with Crippen LogP contribution in [0.1, 0.15) is 52.3 Å². The van der Waals surface area contributed by atoms with E-state index in [0.29, 0.717) is 6.61 Å². The molecule has 1 aliphatic rings. The summed E-state index contributed by atoms with van der Waals surface area (Å²) in [4.78, 5) is 5.26. The van der Waals surface area contributed by atoms with Gasteiger partial charge >= 0.3 is 255 Å². The number of nitrogens with zero attached hydrogens (tertiary/aromatic N) is 3. The maximum atomic E-state index is 13.0. The van der Waals surface area contributed by atoms with Crippen LogP contribution in [0.2, 0.25) is 0 Å². The molecule has 1 heterocycles. The Morgan fingerprint density at radius 1 is 0.829 bits per heavy atom. The van der Waals surface area contributed by atoms with Gasteiger partial charge in [0.15, 0.2) is 0 Å². The van der Waals surface area contributed by atoms with Gasteiger partial charge < -0.3 is 0 Å². The molecule has 1 aliphatic heterocycles. The van der Waals surface area contributed by atoms with Gasteiger partial charge in [-0.15, -0.1) is 0 Å². The van der Waals surface area contributed by atoms with Crippen molar-refractivity contribution in [3.8, 4) is 5.75 Å². The second-order valence-electron chi connectivity index (χ2n) is 11.1. The zero-order valence-electron chi connectivity index (χ0n) is 25.8. The molecule has 0 aliphatic carbocycles. The van der Waals surface area contributed by atoms with Crippen molar-refractivity contribution in [1.29, 1.82) is 0 Å². The minimum absolute atomic E-state index is 0.277. The van der Waals surface area contributed by atoms with Gasteiger partial charge in [-0.05, 0) is 0 Å². The number of aryl methyl sites for hydroxylation is 6. The van der Waals surface area contributed by atoms with Crippen LogP contribution < -0.4 is 14.5 Å². The van der Waals surface area contributed by atoms with Gasteiger partial charge in [-0.25, -0.2) is 0 Å². The SMILES string of the molecule is CCCOc1ccc(S(=O)(=O)N(C)C)cc1[CH]=[Ru]=[C]1N(c2c(C)cc(C)cc2C)CCN1c1c(C)cc(C)cc1C. The summed E-state index contributed by atoms with van der Waals surface area (Å²) in [7, 11) is -0.444. The fourth-order valence-corrected chi connectivity index (χ4v) is 8.80. The molecule has 0 radical (unpaired) electrons. The minimum atomic E-state index is -3.57. The van der Waals surface area contributed by atoms with E-state index >= 15 is 0 Å². The van der Waals surface area contributed by atoms with Crippen LogP contribution in [-0.4, -0.2) is 55.5 Å². The van der Waals surface area contributed by atoms with E-state index < -0.39 is 26.2 Å². The fourth-order valence-electron chi connectivity index (χ4n) is 5.66. The van der Waals surface area contributed by atoms with E-state index in [4.69, 9.17) is 4.74 Å². The Bertz CT molecular complexity index is 1530. The first-order chi connectivity index (χ1) is 19.3. The predicted molar refractivity (Wildman–Crippen MR) is 169 cm³/mol. The molecule has 0 spiro atoms. The van der Waals surface area contributed by atoms with Crippen LogP contribution in [0.25, 0.3) is 0 Å². The number of sulfonamides is 1. The molecule has 3 aromatic carbocycles. The topological polar surface area (TPSA) is 53.1 Å². The molecule has 4 rings (SSSR count). The van der Waals surface area contributed by atoms with Crippen molar-refractivity contribution in [2.75, 3.05) is 43.6 Å². The number of benzene rings is 3. The number of anilines is 2. The van der Waals surface area contributed by atoms with Gasteiger partial charge in [0.05, 0.1) is 0 Å². The number of rotatable bonds is 8. The molecular formula is C33H43N3O3RuS. The van der Waals surface area contributed by atoms with E-state index in [-0.39, 0.29) is 4.90 Å². The van der Waals surface area contributed by atoms with Gasteiger partial charge in [0.25, 0.3) is 0 Å². The van der Waals surface area contributed by atoms with Crippen molar-refractivity contribution in [1.82, 2.24) is 4.31 Å². The fraction of sp³-hybridized carbons (Fsp3) is 0.394. The molecule has 1 fully saturated rings. The van der Waals surface area contributed by atoms with Gasteiger partial charge in [0.1, 0.15) is 0 Å². The molecule has 0 N–H and O–H groups in total. The quantitative estimate of drug-likeness (QED) is 0.281. The first-order valence-electron chi connectivity index (χ1n) is 14.1. The molecule has 0 amide bonds. The van der Waals surface area contributed by atoms with Crippen LogP contribution in [0.3, 0.4) is 0 Å². The van der Waals surface area contributed by atoms with Crippen molar-refractivity contribution in [3.63, 3.8) is 0 Å². The summed E-state index contributed by atoms with van der Waals surface area (Å²) in [6.07, 6.45) is 0.876. The van der Waals surface area contributed by atoms with Crippen molar-refractivity contribution in [2.45, 2.75) is 59.8 Å².